The van der Waals surface area contributed by atoms with Crippen molar-refractivity contribution in [1.29, 1.82) is 0 Å². The fourth-order valence-electron chi connectivity index (χ4n) is 2.59. The zero-order valence-electron chi connectivity index (χ0n) is 11.9. The van der Waals surface area contributed by atoms with Crippen LogP contribution in [0.1, 0.15) is 19.3 Å². The molecule has 0 radical (unpaired) electrons. The summed E-state index contributed by atoms with van der Waals surface area (Å²) in [6, 6.07) is 2.65. The highest BCUT2D eigenvalue weighted by Gasteiger charge is 2.17. The second kappa shape index (κ2) is 7.29. The van der Waals surface area contributed by atoms with Crippen LogP contribution in [0.2, 0.25) is 10.0 Å². The molecule has 1 fully saturated rings. The highest BCUT2D eigenvalue weighted by atomic mass is 35.5. The van der Waals surface area contributed by atoms with Crippen LogP contribution >= 0.6 is 23.2 Å². The normalized spacial score (nSPS) is 16.9. The predicted octanol–water partition coefficient (Wildman–Crippen LogP) is 4.05. The van der Waals surface area contributed by atoms with Crippen molar-refractivity contribution in [2.45, 2.75) is 19.3 Å². The monoisotopic (exact) mass is 331 g/mol. The number of non-ortho nitro benzene ring substituents is 1. The van der Waals surface area contributed by atoms with Gasteiger partial charge in [-0.15, -0.1) is 0 Å². The molecule has 0 bridgehead atoms. The van der Waals surface area contributed by atoms with Gasteiger partial charge in [0.05, 0.1) is 20.7 Å². The van der Waals surface area contributed by atoms with E-state index in [1.165, 1.54) is 25.0 Å². The summed E-state index contributed by atoms with van der Waals surface area (Å²) < 4.78 is 0. The molecule has 1 heterocycles. The Hall–Kier alpha value is -1.04. The minimum absolute atomic E-state index is 0.0918. The van der Waals surface area contributed by atoms with Crippen LogP contribution in [-0.4, -0.2) is 36.5 Å². The first-order chi connectivity index (χ1) is 9.97. The van der Waals surface area contributed by atoms with Crippen molar-refractivity contribution in [3.8, 4) is 0 Å². The molecule has 116 valence electrons. The largest absolute Gasteiger partial charge is 0.383 e. The summed E-state index contributed by atoms with van der Waals surface area (Å²) in [7, 11) is 2.14. The molecule has 1 aromatic rings. The number of hydrogen-bond donors (Lipinski definition) is 1. The van der Waals surface area contributed by atoms with Crippen LogP contribution in [0.4, 0.5) is 11.4 Å². The molecule has 0 aliphatic carbocycles. The van der Waals surface area contributed by atoms with Gasteiger partial charge in [-0.2, -0.15) is 0 Å². The van der Waals surface area contributed by atoms with Gasteiger partial charge >= 0.3 is 0 Å². The lowest BCUT2D eigenvalue weighted by atomic mass is 9.94. The van der Waals surface area contributed by atoms with Gasteiger partial charge in [0.15, 0.2) is 0 Å². The topological polar surface area (TPSA) is 58.4 Å². The summed E-state index contributed by atoms with van der Waals surface area (Å²) in [5.74, 6) is 0.712. The summed E-state index contributed by atoms with van der Waals surface area (Å²) in [5.41, 5.74) is 0.489. The van der Waals surface area contributed by atoms with Crippen LogP contribution in [0.15, 0.2) is 12.1 Å². The van der Waals surface area contributed by atoms with Crippen LogP contribution in [0.3, 0.4) is 0 Å². The number of nitro groups is 1. The van der Waals surface area contributed by atoms with Crippen LogP contribution in [0.25, 0.3) is 0 Å². The Bertz CT molecular complexity index is 494. The SMILES string of the molecule is CN1CCC(CCNc2c(Cl)cc([N+](=O)[O-])cc2Cl)CC1. The Kier molecular flexibility index (Phi) is 5.67. The van der Waals surface area contributed by atoms with Gasteiger partial charge in [0, 0.05) is 18.7 Å². The Morgan fingerprint density at radius 2 is 1.90 bits per heavy atom. The fourth-order valence-corrected chi connectivity index (χ4v) is 3.20. The molecule has 1 aromatic carbocycles. The lowest BCUT2D eigenvalue weighted by Gasteiger charge is -2.29. The highest BCUT2D eigenvalue weighted by molar-refractivity contribution is 6.39. The van der Waals surface area contributed by atoms with Crippen LogP contribution in [-0.2, 0) is 0 Å². The minimum atomic E-state index is -0.500. The summed E-state index contributed by atoms with van der Waals surface area (Å²) >= 11 is 12.1. The number of anilines is 1. The molecular weight excluding hydrogens is 313 g/mol. The number of nitro benzene ring substituents is 1. The van der Waals surface area contributed by atoms with Gasteiger partial charge in [-0.3, -0.25) is 10.1 Å². The van der Waals surface area contributed by atoms with E-state index in [2.05, 4.69) is 17.3 Å². The zero-order valence-corrected chi connectivity index (χ0v) is 13.5. The molecule has 5 nitrogen and oxygen atoms in total. The number of rotatable bonds is 5. The third-order valence-electron chi connectivity index (χ3n) is 3.93. The molecule has 0 atom stereocenters. The van der Waals surface area contributed by atoms with Gasteiger partial charge in [0.25, 0.3) is 5.69 Å². The highest BCUT2D eigenvalue weighted by Crippen LogP contribution is 2.34. The third kappa shape index (κ3) is 4.46. The molecule has 1 N–H and O–H groups in total. The number of nitrogens with one attached hydrogen (secondary N) is 1. The summed E-state index contributed by atoms with van der Waals surface area (Å²) in [6.45, 7) is 3.05. The molecule has 1 aliphatic heterocycles. The Morgan fingerprint density at radius 1 is 1.33 bits per heavy atom. The maximum absolute atomic E-state index is 10.7. The number of likely N-dealkylation sites (tertiary alicyclic amines) is 1. The summed E-state index contributed by atoms with van der Waals surface area (Å²) in [4.78, 5) is 12.6. The van der Waals surface area contributed by atoms with Crippen LogP contribution in [0, 0.1) is 16.0 Å². The average molecular weight is 332 g/mol. The maximum atomic E-state index is 10.7. The van der Waals surface area contributed by atoms with Gasteiger partial charge in [0.2, 0.25) is 0 Å². The van der Waals surface area contributed by atoms with Gasteiger partial charge in [0.1, 0.15) is 0 Å². The van der Waals surface area contributed by atoms with Crippen molar-refractivity contribution in [2.24, 2.45) is 5.92 Å². The maximum Gasteiger partial charge on any atom is 0.272 e. The van der Waals surface area contributed by atoms with Crippen molar-refractivity contribution in [3.63, 3.8) is 0 Å². The molecule has 0 saturated carbocycles. The minimum Gasteiger partial charge on any atom is -0.383 e. The molecular formula is C14H19Cl2N3O2. The number of hydrogen-bond acceptors (Lipinski definition) is 4. The summed E-state index contributed by atoms with van der Waals surface area (Å²) in [6.07, 6.45) is 3.47. The number of benzene rings is 1. The number of piperidine rings is 1. The van der Waals surface area contributed by atoms with Gasteiger partial charge in [-0.05, 0) is 45.3 Å². The molecule has 0 amide bonds. The predicted molar refractivity (Wildman–Crippen MR) is 86.4 cm³/mol. The molecule has 1 aliphatic rings. The van der Waals surface area contributed by atoms with Crippen molar-refractivity contribution in [3.05, 3.63) is 32.3 Å². The molecule has 0 aromatic heterocycles. The van der Waals surface area contributed by atoms with E-state index in [-0.39, 0.29) is 15.7 Å². The fraction of sp³-hybridized carbons (Fsp3) is 0.571. The second-order valence-corrected chi connectivity index (χ2v) is 6.32. The van der Waals surface area contributed by atoms with E-state index in [1.807, 2.05) is 0 Å². The van der Waals surface area contributed by atoms with Crippen molar-refractivity contribution < 1.29 is 4.92 Å². The first-order valence-corrected chi connectivity index (χ1v) is 7.79. The molecule has 1 saturated heterocycles. The third-order valence-corrected chi connectivity index (χ3v) is 4.53. The smallest absolute Gasteiger partial charge is 0.272 e. The number of nitrogens with zero attached hydrogens (tertiary/aromatic N) is 2. The van der Waals surface area contributed by atoms with Crippen LogP contribution in [0.5, 0.6) is 0 Å². The van der Waals surface area contributed by atoms with E-state index in [0.717, 1.165) is 26.1 Å². The van der Waals surface area contributed by atoms with Gasteiger partial charge in [-0.25, -0.2) is 0 Å². The van der Waals surface area contributed by atoms with Crippen molar-refractivity contribution in [2.75, 3.05) is 32.0 Å². The van der Waals surface area contributed by atoms with Gasteiger partial charge in [-0.1, -0.05) is 23.2 Å². The van der Waals surface area contributed by atoms with E-state index >= 15 is 0 Å². The standard InChI is InChI=1S/C14H19Cl2N3O2/c1-18-6-3-10(4-7-18)2-5-17-14-12(15)8-11(19(20)21)9-13(14)16/h8-10,17H,2-7H2,1H3. The summed E-state index contributed by atoms with van der Waals surface area (Å²) in [5, 5.41) is 14.5. The zero-order chi connectivity index (χ0) is 15.4. The van der Waals surface area contributed by atoms with E-state index in [9.17, 15) is 10.1 Å². The Balaban J connectivity index is 1.90. The van der Waals surface area contributed by atoms with E-state index < -0.39 is 4.92 Å². The molecule has 0 spiro atoms. The lowest BCUT2D eigenvalue weighted by molar-refractivity contribution is -0.384. The first kappa shape index (κ1) is 16.3. The number of halogens is 2. The molecule has 0 unspecified atom stereocenters. The Labute approximate surface area is 134 Å². The van der Waals surface area contributed by atoms with E-state index in [4.69, 9.17) is 23.2 Å². The van der Waals surface area contributed by atoms with Crippen molar-refractivity contribution >= 4 is 34.6 Å². The quantitative estimate of drug-likeness (QED) is 0.653. The molecule has 7 heteroatoms. The first-order valence-electron chi connectivity index (χ1n) is 7.03. The lowest BCUT2D eigenvalue weighted by Crippen LogP contribution is -2.30. The van der Waals surface area contributed by atoms with Gasteiger partial charge < -0.3 is 10.2 Å². The molecule has 2 rings (SSSR count). The Morgan fingerprint density at radius 3 is 2.43 bits per heavy atom. The van der Waals surface area contributed by atoms with Crippen molar-refractivity contribution in [1.82, 2.24) is 4.90 Å². The van der Waals surface area contributed by atoms with E-state index in [0.29, 0.717) is 11.6 Å². The molecule has 21 heavy (non-hydrogen) atoms. The van der Waals surface area contributed by atoms with Crippen LogP contribution < -0.4 is 5.32 Å². The average Bonchev–Trinajstić information content (AvgIpc) is 2.43. The second-order valence-electron chi connectivity index (χ2n) is 5.50. The van der Waals surface area contributed by atoms with E-state index in [1.54, 1.807) is 0 Å².